The molecule has 0 aliphatic carbocycles. The van der Waals surface area contributed by atoms with Gasteiger partial charge in [-0.2, -0.15) is 0 Å². The molecule has 4 heteroatoms. The summed E-state index contributed by atoms with van der Waals surface area (Å²) in [6.07, 6.45) is -0.125. The highest BCUT2D eigenvalue weighted by Crippen LogP contribution is 2.27. The monoisotopic (exact) mass is 382 g/mol. The highest BCUT2D eigenvalue weighted by atomic mass is 127. The summed E-state index contributed by atoms with van der Waals surface area (Å²) in [4.78, 5) is 11.8. The molecule has 0 amide bonds. The Balaban J connectivity index is 2.16. The smallest absolute Gasteiger partial charge is 0.338 e. The average molecular weight is 382 g/mol. The van der Waals surface area contributed by atoms with Gasteiger partial charge in [0.25, 0.3) is 0 Å². The molecule has 0 unspecified atom stereocenters. The molecule has 3 nitrogen and oxygen atoms in total. The molecule has 0 radical (unpaired) electrons. The van der Waals surface area contributed by atoms with E-state index in [9.17, 15) is 4.79 Å². The third kappa shape index (κ3) is 3.96. The second kappa shape index (κ2) is 6.74. The number of esters is 1. The third-order valence-corrected chi connectivity index (χ3v) is 3.32. The molecule has 2 rings (SSSR count). The van der Waals surface area contributed by atoms with Gasteiger partial charge >= 0.3 is 5.97 Å². The minimum atomic E-state index is -0.316. The van der Waals surface area contributed by atoms with Gasteiger partial charge in [-0.15, -0.1) is 0 Å². The molecule has 0 fully saturated rings. The Morgan fingerprint density at radius 3 is 2.40 bits per heavy atom. The topological polar surface area (TPSA) is 35.5 Å². The molecule has 0 N–H and O–H groups in total. The van der Waals surface area contributed by atoms with Crippen molar-refractivity contribution in [3.05, 3.63) is 57.7 Å². The summed E-state index contributed by atoms with van der Waals surface area (Å²) in [6, 6.07) is 14.8. The zero-order valence-electron chi connectivity index (χ0n) is 11.3. The first-order valence-electron chi connectivity index (χ1n) is 6.29. The first kappa shape index (κ1) is 14.8. The lowest BCUT2D eigenvalue weighted by molar-refractivity contribution is 0.0378. The summed E-state index contributed by atoms with van der Waals surface area (Å²) in [5, 5.41) is 0. The molecule has 20 heavy (non-hydrogen) atoms. The second-order valence-corrected chi connectivity index (χ2v) is 5.68. The van der Waals surface area contributed by atoms with Crippen LogP contribution in [-0.2, 0) is 4.74 Å². The number of carbonyl (C=O) groups excluding carboxylic acids is 1. The van der Waals surface area contributed by atoms with Gasteiger partial charge in [-0.25, -0.2) is 4.79 Å². The van der Waals surface area contributed by atoms with Crippen LogP contribution in [0.2, 0.25) is 0 Å². The Morgan fingerprint density at radius 2 is 1.80 bits per heavy atom. The Bertz CT molecular complexity index is 594. The number of benzene rings is 2. The Morgan fingerprint density at radius 1 is 1.10 bits per heavy atom. The maximum Gasteiger partial charge on any atom is 0.338 e. The van der Waals surface area contributed by atoms with Crippen molar-refractivity contribution in [2.75, 3.05) is 0 Å². The van der Waals surface area contributed by atoms with Crippen molar-refractivity contribution in [1.29, 1.82) is 0 Å². The molecule has 0 aromatic heterocycles. The van der Waals surface area contributed by atoms with E-state index in [1.54, 1.807) is 18.2 Å². The standard InChI is InChI=1S/C16H15IO3/c1-11(2)19-16(18)12-8-9-15(14(17)10-12)20-13-6-4-3-5-7-13/h3-11H,1-2H3. The number of hydrogen-bond acceptors (Lipinski definition) is 3. The molecule has 0 atom stereocenters. The van der Waals surface area contributed by atoms with Gasteiger partial charge in [0, 0.05) is 0 Å². The van der Waals surface area contributed by atoms with E-state index in [0.717, 1.165) is 15.1 Å². The second-order valence-electron chi connectivity index (χ2n) is 4.51. The molecule has 0 spiro atoms. The summed E-state index contributed by atoms with van der Waals surface area (Å²) >= 11 is 2.15. The fourth-order valence-electron chi connectivity index (χ4n) is 1.61. The molecule has 0 aliphatic heterocycles. The van der Waals surface area contributed by atoms with Crippen molar-refractivity contribution < 1.29 is 14.3 Å². The number of para-hydroxylation sites is 1. The summed E-state index contributed by atoms with van der Waals surface area (Å²) in [6.45, 7) is 3.66. The van der Waals surface area contributed by atoms with Gasteiger partial charge in [0.15, 0.2) is 0 Å². The first-order chi connectivity index (χ1) is 9.56. The van der Waals surface area contributed by atoms with Crippen LogP contribution in [0.3, 0.4) is 0 Å². The highest BCUT2D eigenvalue weighted by Gasteiger charge is 2.12. The van der Waals surface area contributed by atoms with Crippen LogP contribution in [0.5, 0.6) is 11.5 Å². The van der Waals surface area contributed by atoms with Crippen LogP contribution in [-0.4, -0.2) is 12.1 Å². The van der Waals surface area contributed by atoms with Crippen molar-refractivity contribution in [3.8, 4) is 11.5 Å². The van der Waals surface area contributed by atoms with E-state index in [4.69, 9.17) is 9.47 Å². The van der Waals surface area contributed by atoms with Crippen LogP contribution >= 0.6 is 22.6 Å². The molecular weight excluding hydrogens is 367 g/mol. The van der Waals surface area contributed by atoms with Crippen molar-refractivity contribution >= 4 is 28.6 Å². The van der Waals surface area contributed by atoms with Gasteiger partial charge in [0.05, 0.1) is 15.2 Å². The number of ether oxygens (including phenoxy) is 2. The predicted octanol–water partition coefficient (Wildman–Crippen LogP) is 4.65. The van der Waals surface area contributed by atoms with Crippen LogP contribution in [0.1, 0.15) is 24.2 Å². The lowest BCUT2D eigenvalue weighted by atomic mass is 10.2. The molecule has 0 saturated heterocycles. The molecule has 0 bridgehead atoms. The van der Waals surface area contributed by atoms with E-state index in [0.29, 0.717) is 5.56 Å². The highest BCUT2D eigenvalue weighted by molar-refractivity contribution is 14.1. The maximum atomic E-state index is 11.8. The van der Waals surface area contributed by atoms with Gasteiger partial charge < -0.3 is 9.47 Å². The van der Waals surface area contributed by atoms with Crippen molar-refractivity contribution in [1.82, 2.24) is 0 Å². The van der Waals surface area contributed by atoms with Gasteiger partial charge in [0.2, 0.25) is 0 Å². The predicted molar refractivity (Wildman–Crippen MR) is 86.2 cm³/mol. The molecule has 0 saturated carbocycles. The van der Waals surface area contributed by atoms with Gasteiger partial charge in [-0.1, -0.05) is 18.2 Å². The lowest BCUT2D eigenvalue weighted by Crippen LogP contribution is -2.11. The van der Waals surface area contributed by atoms with E-state index in [1.165, 1.54) is 0 Å². The van der Waals surface area contributed by atoms with Crippen molar-refractivity contribution in [2.24, 2.45) is 0 Å². The molecule has 0 heterocycles. The van der Waals surface area contributed by atoms with Crippen molar-refractivity contribution in [2.45, 2.75) is 20.0 Å². The summed E-state index contributed by atoms with van der Waals surface area (Å²) in [7, 11) is 0. The van der Waals surface area contributed by atoms with Crippen LogP contribution in [0, 0.1) is 3.57 Å². The van der Waals surface area contributed by atoms with E-state index >= 15 is 0 Å². The maximum absolute atomic E-state index is 11.8. The van der Waals surface area contributed by atoms with Gasteiger partial charge in [-0.3, -0.25) is 0 Å². The minimum Gasteiger partial charge on any atom is -0.459 e. The zero-order valence-corrected chi connectivity index (χ0v) is 13.5. The molecular formula is C16H15IO3. The number of carbonyl (C=O) groups is 1. The van der Waals surface area contributed by atoms with Crippen LogP contribution < -0.4 is 4.74 Å². The summed E-state index contributed by atoms with van der Waals surface area (Å²) < 4.78 is 11.8. The van der Waals surface area contributed by atoms with Gasteiger partial charge in [0.1, 0.15) is 11.5 Å². The summed E-state index contributed by atoms with van der Waals surface area (Å²) in [5.74, 6) is 1.17. The third-order valence-electron chi connectivity index (χ3n) is 2.48. The van der Waals surface area contributed by atoms with Crippen LogP contribution in [0.15, 0.2) is 48.5 Å². The van der Waals surface area contributed by atoms with E-state index in [2.05, 4.69) is 22.6 Å². The zero-order chi connectivity index (χ0) is 14.5. The molecule has 0 aliphatic rings. The minimum absolute atomic E-state index is 0.125. The molecule has 104 valence electrons. The number of halogens is 1. The average Bonchev–Trinajstić information content (AvgIpc) is 2.41. The summed E-state index contributed by atoms with van der Waals surface area (Å²) in [5.41, 5.74) is 0.531. The van der Waals surface area contributed by atoms with E-state index in [1.807, 2.05) is 44.2 Å². The normalized spacial score (nSPS) is 10.4. The number of rotatable bonds is 4. The SMILES string of the molecule is CC(C)OC(=O)c1ccc(Oc2ccccc2)c(I)c1. The van der Waals surface area contributed by atoms with E-state index < -0.39 is 0 Å². The van der Waals surface area contributed by atoms with Gasteiger partial charge in [-0.05, 0) is 66.8 Å². The number of hydrogen-bond donors (Lipinski definition) is 0. The largest absolute Gasteiger partial charge is 0.459 e. The van der Waals surface area contributed by atoms with E-state index in [-0.39, 0.29) is 12.1 Å². The molecule has 2 aromatic carbocycles. The Hall–Kier alpha value is -1.56. The Labute approximate surface area is 132 Å². The van der Waals surface area contributed by atoms with Crippen LogP contribution in [0.25, 0.3) is 0 Å². The first-order valence-corrected chi connectivity index (χ1v) is 7.37. The lowest BCUT2D eigenvalue weighted by Gasteiger charge is -2.11. The Kier molecular flexibility index (Phi) is 5.00. The fourth-order valence-corrected chi connectivity index (χ4v) is 2.23. The molecule has 2 aromatic rings. The van der Waals surface area contributed by atoms with Crippen LogP contribution in [0.4, 0.5) is 0 Å². The quantitative estimate of drug-likeness (QED) is 0.571. The van der Waals surface area contributed by atoms with Crippen molar-refractivity contribution in [3.63, 3.8) is 0 Å². The fraction of sp³-hybridized carbons (Fsp3) is 0.188.